The number of carbonyl (C=O) groups excluding carboxylic acids is 1. The lowest BCUT2D eigenvalue weighted by molar-refractivity contribution is 0.102. The standard InChI is InChI=1S/C18H19ClN2O4S/c1-11-8-16(17(25-2)10-15(11)19)20-18(22)12-4-3-5-14(9-12)26(23,24)21-13-6-7-13/h3-5,8-10,13,21H,6-7H2,1-2H3,(H,20,22). The average Bonchev–Trinajstić information content (AvgIpc) is 3.41. The number of anilines is 1. The van der Waals surface area contributed by atoms with Crippen molar-refractivity contribution in [2.75, 3.05) is 12.4 Å². The Labute approximate surface area is 157 Å². The van der Waals surface area contributed by atoms with Crippen LogP contribution in [0.4, 0.5) is 5.69 Å². The van der Waals surface area contributed by atoms with E-state index in [-0.39, 0.29) is 16.5 Å². The van der Waals surface area contributed by atoms with E-state index in [0.29, 0.717) is 16.5 Å². The number of hydrogen-bond acceptors (Lipinski definition) is 4. The summed E-state index contributed by atoms with van der Waals surface area (Å²) in [6, 6.07) is 9.24. The third-order valence-electron chi connectivity index (χ3n) is 4.03. The van der Waals surface area contributed by atoms with Gasteiger partial charge in [-0.2, -0.15) is 0 Å². The molecule has 1 fully saturated rings. The van der Waals surface area contributed by atoms with Crippen LogP contribution in [0.25, 0.3) is 0 Å². The van der Waals surface area contributed by atoms with Crippen molar-refractivity contribution >= 4 is 33.2 Å². The smallest absolute Gasteiger partial charge is 0.255 e. The highest BCUT2D eigenvalue weighted by Crippen LogP contribution is 2.31. The molecule has 0 bridgehead atoms. The molecule has 1 saturated carbocycles. The van der Waals surface area contributed by atoms with E-state index in [9.17, 15) is 13.2 Å². The Kier molecular flexibility index (Phi) is 5.22. The van der Waals surface area contributed by atoms with E-state index < -0.39 is 15.9 Å². The van der Waals surface area contributed by atoms with Gasteiger partial charge in [-0.25, -0.2) is 13.1 Å². The molecule has 6 nitrogen and oxygen atoms in total. The molecule has 0 spiro atoms. The number of benzene rings is 2. The SMILES string of the molecule is COc1cc(Cl)c(C)cc1NC(=O)c1cccc(S(=O)(=O)NC2CC2)c1. The molecular formula is C18H19ClN2O4S. The van der Waals surface area contributed by atoms with Gasteiger partial charge in [0.25, 0.3) is 5.91 Å². The molecule has 2 aromatic rings. The molecule has 8 heteroatoms. The number of aryl methyl sites for hydroxylation is 1. The fraction of sp³-hybridized carbons (Fsp3) is 0.278. The fourth-order valence-electron chi connectivity index (χ4n) is 2.42. The Balaban J connectivity index is 1.85. The molecule has 3 rings (SSSR count). The molecule has 0 heterocycles. The monoisotopic (exact) mass is 394 g/mol. The van der Waals surface area contributed by atoms with Crippen LogP contribution in [0.1, 0.15) is 28.8 Å². The lowest BCUT2D eigenvalue weighted by Crippen LogP contribution is -2.26. The van der Waals surface area contributed by atoms with Gasteiger partial charge < -0.3 is 10.1 Å². The number of sulfonamides is 1. The molecule has 2 aromatic carbocycles. The van der Waals surface area contributed by atoms with E-state index in [1.807, 2.05) is 6.92 Å². The van der Waals surface area contributed by atoms with Crippen LogP contribution in [-0.4, -0.2) is 27.5 Å². The van der Waals surface area contributed by atoms with E-state index >= 15 is 0 Å². The zero-order chi connectivity index (χ0) is 18.9. The van der Waals surface area contributed by atoms with Gasteiger partial charge in [-0.05, 0) is 49.6 Å². The summed E-state index contributed by atoms with van der Waals surface area (Å²) in [4.78, 5) is 12.6. The Morgan fingerprint density at radius 2 is 1.96 bits per heavy atom. The topological polar surface area (TPSA) is 84.5 Å². The van der Waals surface area contributed by atoms with Gasteiger partial charge in [0.1, 0.15) is 5.75 Å². The van der Waals surface area contributed by atoms with Gasteiger partial charge >= 0.3 is 0 Å². The van der Waals surface area contributed by atoms with Crippen LogP contribution < -0.4 is 14.8 Å². The van der Waals surface area contributed by atoms with Crippen molar-refractivity contribution in [3.63, 3.8) is 0 Å². The number of carbonyl (C=O) groups is 1. The van der Waals surface area contributed by atoms with Gasteiger partial charge in [-0.15, -0.1) is 0 Å². The minimum atomic E-state index is -3.62. The summed E-state index contributed by atoms with van der Waals surface area (Å²) < 4.78 is 32.5. The number of hydrogen-bond donors (Lipinski definition) is 2. The summed E-state index contributed by atoms with van der Waals surface area (Å²) >= 11 is 6.07. The maximum atomic E-state index is 12.6. The largest absolute Gasteiger partial charge is 0.495 e. The number of nitrogens with one attached hydrogen (secondary N) is 2. The van der Waals surface area contributed by atoms with E-state index in [1.54, 1.807) is 24.3 Å². The van der Waals surface area contributed by atoms with Crippen LogP contribution >= 0.6 is 11.6 Å². The highest BCUT2D eigenvalue weighted by atomic mass is 35.5. The first-order chi connectivity index (χ1) is 12.3. The van der Waals surface area contributed by atoms with E-state index in [2.05, 4.69) is 10.0 Å². The van der Waals surface area contributed by atoms with Crippen LogP contribution in [0.15, 0.2) is 41.3 Å². The Morgan fingerprint density at radius 3 is 2.62 bits per heavy atom. The van der Waals surface area contributed by atoms with Crippen molar-refractivity contribution in [2.24, 2.45) is 0 Å². The lowest BCUT2D eigenvalue weighted by Gasteiger charge is -2.13. The van der Waals surface area contributed by atoms with Crippen molar-refractivity contribution in [1.29, 1.82) is 0 Å². The lowest BCUT2D eigenvalue weighted by atomic mass is 10.1. The molecule has 0 aliphatic heterocycles. The van der Waals surface area contributed by atoms with Crippen LogP contribution in [-0.2, 0) is 10.0 Å². The van der Waals surface area contributed by atoms with Gasteiger partial charge in [0.15, 0.2) is 0 Å². The molecule has 0 radical (unpaired) electrons. The molecule has 1 aliphatic rings. The molecule has 0 unspecified atom stereocenters. The molecule has 2 N–H and O–H groups in total. The average molecular weight is 395 g/mol. The third-order valence-corrected chi connectivity index (χ3v) is 5.96. The van der Waals surface area contributed by atoms with Gasteiger partial charge in [-0.1, -0.05) is 17.7 Å². The predicted octanol–water partition coefficient (Wildman–Crippen LogP) is 3.35. The summed E-state index contributed by atoms with van der Waals surface area (Å²) in [7, 11) is -2.14. The number of amides is 1. The van der Waals surface area contributed by atoms with Gasteiger partial charge in [0.2, 0.25) is 10.0 Å². The van der Waals surface area contributed by atoms with E-state index in [1.165, 1.54) is 19.2 Å². The molecule has 1 aliphatic carbocycles. The van der Waals surface area contributed by atoms with Gasteiger partial charge in [0, 0.05) is 22.7 Å². The molecule has 0 saturated heterocycles. The molecule has 1 amide bonds. The van der Waals surface area contributed by atoms with Gasteiger partial charge in [0.05, 0.1) is 17.7 Å². The maximum absolute atomic E-state index is 12.6. The Bertz CT molecular complexity index is 956. The van der Waals surface area contributed by atoms with Crippen LogP contribution in [0.3, 0.4) is 0 Å². The summed E-state index contributed by atoms with van der Waals surface area (Å²) in [6.45, 7) is 1.81. The van der Waals surface area contributed by atoms with E-state index in [0.717, 1.165) is 18.4 Å². The highest BCUT2D eigenvalue weighted by molar-refractivity contribution is 7.89. The summed E-state index contributed by atoms with van der Waals surface area (Å²) in [5, 5.41) is 3.27. The zero-order valence-electron chi connectivity index (χ0n) is 14.4. The van der Waals surface area contributed by atoms with Crippen LogP contribution in [0.5, 0.6) is 5.75 Å². The summed E-state index contributed by atoms with van der Waals surface area (Å²) in [5.41, 5.74) is 1.48. The number of ether oxygens (including phenoxy) is 1. The minimum Gasteiger partial charge on any atom is -0.495 e. The number of methoxy groups -OCH3 is 1. The first-order valence-electron chi connectivity index (χ1n) is 8.08. The molecule has 0 atom stereocenters. The Hall–Kier alpha value is -2.09. The molecule has 26 heavy (non-hydrogen) atoms. The first-order valence-corrected chi connectivity index (χ1v) is 9.94. The Morgan fingerprint density at radius 1 is 1.23 bits per heavy atom. The second-order valence-electron chi connectivity index (χ2n) is 6.18. The van der Waals surface area contributed by atoms with Crippen molar-refractivity contribution in [3.8, 4) is 5.75 Å². The highest BCUT2D eigenvalue weighted by Gasteiger charge is 2.28. The third kappa shape index (κ3) is 4.17. The fourth-order valence-corrected chi connectivity index (χ4v) is 3.92. The van der Waals surface area contributed by atoms with Crippen molar-refractivity contribution < 1.29 is 17.9 Å². The summed E-state index contributed by atoms with van der Waals surface area (Å²) in [5.74, 6) is -0.0124. The maximum Gasteiger partial charge on any atom is 0.255 e. The van der Waals surface area contributed by atoms with Crippen molar-refractivity contribution in [1.82, 2.24) is 4.72 Å². The normalized spacial score (nSPS) is 14.1. The minimum absolute atomic E-state index is 0.00112. The molecular weight excluding hydrogens is 376 g/mol. The first kappa shape index (κ1) is 18.7. The van der Waals surface area contributed by atoms with Gasteiger partial charge in [-0.3, -0.25) is 4.79 Å². The molecule has 138 valence electrons. The number of rotatable bonds is 6. The zero-order valence-corrected chi connectivity index (χ0v) is 15.9. The second-order valence-corrected chi connectivity index (χ2v) is 8.30. The van der Waals surface area contributed by atoms with Crippen LogP contribution in [0, 0.1) is 6.92 Å². The van der Waals surface area contributed by atoms with E-state index in [4.69, 9.17) is 16.3 Å². The van der Waals surface area contributed by atoms with Crippen molar-refractivity contribution in [3.05, 3.63) is 52.5 Å². The van der Waals surface area contributed by atoms with Crippen molar-refractivity contribution in [2.45, 2.75) is 30.7 Å². The molecule has 0 aromatic heterocycles. The van der Waals surface area contributed by atoms with Crippen LogP contribution in [0.2, 0.25) is 5.02 Å². The quantitative estimate of drug-likeness (QED) is 0.786. The number of halogens is 1. The predicted molar refractivity (Wildman–Crippen MR) is 100 cm³/mol. The summed E-state index contributed by atoms with van der Waals surface area (Å²) in [6.07, 6.45) is 1.68. The second kappa shape index (κ2) is 7.26.